The molecular formula is C28H29F2N5O3. The molecule has 10 heteroatoms. The zero-order valence-electron chi connectivity index (χ0n) is 21.1. The van der Waals surface area contributed by atoms with Crippen molar-refractivity contribution in [3.8, 4) is 23.1 Å². The summed E-state index contributed by atoms with van der Waals surface area (Å²) in [5, 5.41) is 21.8. The predicted molar refractivity (Wildman–Crippen MR) is 137 cm³/mol. The monoisotopic (exact) mass is 521 g/mol. The van der Waals surface area contributed by atoms with Gasteiger partial charge in [0.2, 0.25) is 0 Å². The van der Waals surface area contributed by atoms with Gasteiger partial charge in [-0.15, -0.1) is 0 Å². The lowest BCUT2D eigenvalue weighted by atomic mass is 9.74. The lowest BCUT2D eigenvalue weighted by Gasteiger charge is -2.39. The number of rotatable bonds is 7. The van der Waals surface area contributed by atoms with Crippen molar-refractivity contribution in [1.82, 2.24) is 9.97 Å². The molecule has 198 valence electrons. The Labute approximate surface area is 219 Å². The summed E-state index contributed by atoms with van der Waals surface area (Å²) in [5.41, 5.74) is 7.16. The minimum absolute atomic E-state index is 0.0180. The zero-order valence-corrected chi connectivity index (χ0v) is 21.1. The Balaban J connectivity index is 1.56. The van der Waals surface area contributed by atoms with Crippen molar-refractivity contribution in [2.45, 2.75) is 51.2 Å². The maximum absolute atomic E-state index is 14.6. The van der Waals surface area contributed by atoms with Gasteiger partial charge in [0.15, 0.2) is 0 Å². The summed E-state index contributed by atoms with van der Waals surface area (Å²) >= 11 is 0. The molecule has 2 aromatic heterocycles. The molecule has 1 aliphatic carbocycles. The summed E-state index contributed by atoms with van der Waals surface area (Å²) in [4.78, 5) is 21.3. The van der Waals surface area contributed by atoms with E-state index in [1.807, 2.05) is 13.0 Å². The van der Waals surface area contributed by atoms with Crippen molar-refractivity contribution >= 4 is 11.6 Å². The number of amides is 1. The predicted octanol–water partition coefficient (Wildman–Crippen LogP) is 4.83. The second-order valence-corrected chi connectivity index (χ2v) is 9.64. The number of nitrogens with two attached hydrogens (primary N) is 1. The van der Waals surface area contributed by atoms with E-state index in [1.54, 1.807) is 13.1 Å². The molecule has 0 aliphatic heterocycles. The Morgan fingerprint density at radius 2 is 2.05 bits per heavy atom. The van der Waals surface area contributed by atoms with Crippen molar-refractivity contribution in [3.05, 3.63) is 71.2 Å². The van der Waals surface area contributed by atoms with Crippen LogP contribution in [-0.4, -0.2) is 39.7 Å². The molecular weight excluding hydrogens is 492 g/mol. The molecule has 0 radical (unpaired) electrons. The first-order valence-electron chi connectivity index (χ1n) is 12.3. The average molecular weight is 522 g/mol. The third-order valence-electron chi connectivity index (χ3n) is 6.79. The second kappa shape index (κ2) is 11.6. The molecule has 4 rings (SSSR count). The minimum Gasteiger partial charge on any atom is -0.507 e. The van der Waals surface area contributed by atoms with Gasteiger partial charge < -0.3 is 20.9 Å². The van der Waals surface area contributed by atoms with Crippen LogP contribution in [0.5, 0.6) is 5.75 Å². The van der Waals surface area contributed by atoms with Gasteiger partial charge >= 0.3 is 0 Å². The molecule has 8 nitrogen and oxygen atoms in total. The number of halogens is 2. The van der Waals surface area contributed by atoms with Crippen LogP contribution in [0, 0.1) is 35.8 Å². The first-order valence-corrected chi connectivity index (χ1v) is 12.3. The van der Waals surface area contributed by atoms with Crippen molar-refractivity contribution in [2.24, 2.45) is 11.7 Å². The lowest BCUT2D eigenvalue weighted by Crippen LogP contribution is -2.46. The van der Waals surface area contributed by atoms with E-state index in [9.17, 15) is 18.7 Å². The molecule has 1 fully saturated rings. The summed E-state index contributed by atoms with van der Waals surface area (Å²) in [6, 6.07) is 8.28. The Hall–Kier alpha value is -3.94. The molecule has 2 heterocycles. The number of phenolic OH excluding ortho intramolecular Hbond substituents is 1. The third-order valence-corrected chi connectivity index (χ3v) is 6.79. The highest BCUT2D eigenvalue weighted by molar-refractivity contribution is 6.03. The van der Waals surface area contributed by atoms with E-state index in [0.29, 0.717) is 30.7 Å². The third kappa shape index (κ3) is 5.79. The van der Waals surface area contributed by atoms with Crippen LogP contribution in [-0.2, 0) is 4.74 Å². The van der Waals surface area contributed by atoms with E-state index in [4.69, 9.17) is 15.7 Å². The van der Waals surface area contributed by atoms with Gasteiger partial charge in [-0.05, 0) is 73.1 Å². The van der Waals surface area contributed by atoms with Crippen molar-refractivity contribution < 1.29 is 23.4 Å². The fraction of sp³-hybridized carbons (Fsp3) is 0.357. The summed E-state index contributed by atoms with van der Waals surface area (Å²) < 4.78 is 35.0. The molecule has 0 unspecified atom stereocenters. The fourth-order valence-corrected chi connectivity index (χ4v) is 5.10. The summed E-state index contributed by atoms with van der Waals surface area (Å²) in [6.07, 6.45) is 4.65. The van der Waals surface area contributed by atoms with E-state index in [2.05, 4.69) is 21.4 Å². The van der Waals surface area contributed by atoms with Gasteiger partial charge in [0, 0.05) is 12.2 Å². The number of benzene rings is 1. The van der Waals surface area contributed by atoms with Gasteiger partial charge in [-0.3, -0.25) is 9.78 Å². The van der Waals surface area contributed by atoms with E-state index in [0.717, 1.165) is 24.1 Å². The number of carbonyl (C=O) groups excluding carboxylic acids is 1. The van der Waals surface area contributed by atoms with Crippen molar-refractivity contribution in [2.75, 3.05) is 11.9 Å². The number of pyridine rings is 2. The largest absolute Gasteiger partial charge is 0.507 e. The smallest absolute Gasteiger partial charge is 0.274 e. The van der Waals surface area contributed by atoms with Gasteiger partial charge in [-0.2, -0.15) is 5.26 Å². The number of hydrogen-bond donors (Lipinski definition) is 3. The SMILES string of the molecule is Cc1cc(O)c(-c2nc(C(=O)Nc3cnccc3[C@H]3C[C@@H](N)[C@@H](OCCC#N)[C@@H](C)C3)ccc2F)c(F)c1. The van der Waals surface area contributed by atoms with Crippen LogP contribution in [0.3, 0.4) is 0 Å². The van der Waals surface area contributed by atoms with Gasteiger partial charge in [-0.1, -0.05) is 6.92 Å². The van der Waals surface area contributed by atoms with Gasteiger partial charge in [0.1, 0.15) is 28.8 Å². The highest BCUT2D eigenvalue weighted by atomic mass is 19.1. The highest BCUT2D eigenvalue weighted by Crippen LogP contribution is 2.40. The van der Waals surface area contributed by atoms with Crippen molar-refractivity contribution in [3.63, 3.8) is 0 Å². The van der Waals surface area contributed by atoms with E-state index >= 15 is 0 Å². The first kappa shape index (κ1) is 27.1. The van der Waals surface area contributed by atoms with Crippen molar-refractivity contribution in [1.29, 1.82) is 5.26 Å². The molecule has 3 aromatic rings. The Bertz CT molecular complexity index is 1340. The van der Waals surface area contributed by atoms with E-state index < -0.39 is 34.5 Å². The van der Waals surface area contributed by atoms with Gasteiger partial charge in [-0.25, -0.2) is 13.8 Å². The number of nitrogens with one attached hydrogen (secondary N) is 1. The molecule has 1 aromatic carbocycles. The maximum Gasteiger partial charge on any atom is 0.274 e. The number of aromatic hydroxyl groups is 1. The van der Waals surface area contributed by atoms with Gasteiger partial charge in [0.05, 0.1) is 42.6 Å². The Morgan fingerprint density at radius 3 is 2.76 bits per heavy atom. The van der Waals surface area contributed by atoms with E-state index in [1.165, 1.54) is 18.3 Å². The standard InChI is InChI=1S/C28H29F2N5O3/c1-15-10-20(30)25(24(36)11-15)26-19(29)4-5-22(34-26)28(37)35-23-14-33-8-6-18(23)17-12-16(2)27(21(32)13-17)38-9-3-7-31/h4-6,8,10-11,14,16-17,21,27,36H,3,9,12-13,32H2,1-2H3,(H,35,37)/t16-,17+,21+,27-/m0/s1. The minimum atomic E-state index is -0.876. The Morgan fingerprint density at radius 1 is 1.26 bits per heavy atom. The number of nitrogens with zero attached hydrogens (tertiary/aromatic N) is 3. The molecule has 0 bridgehead atoms. The van der Waals surface area contributed by atoms with Crippen LogP contribution < -0.4 is 11.1 Å². The first-order chi connectivity index (χ1) is 18.2. The van der Waals surface area contributed by atoms with Gasteiger partial charge in [0.25, 0.3) is 5.91 Å². The number of aryl methyl sites for hydroxylation is 1. The second-order valence-electron chi connectivity index (χ2n) is 9.64. The molecule has 1 aliphatic rings. The normalized spacial score (nSPS) is 21.1. The molecule has 4 atom stereocenters. The van der Waals surface area contributed by atoms with E-state index in [-0.39, 0.29) is 29.7 Å². The lowest BCUT2D eigenvalue weighted by molar-refractivity contribution is -0.0198. The maximum atomic E-state index is 14.6. The van der Waals surface area contributed by atoms with Crippen LogP contribution in [0.1, 0.15) is 53.7 Å². The molecule has 0 spiro atoms. The Kier molecular flexibility index (Phi) is 8.29. The quantitative estimate of drug-likeness (QED) is 0.379. The molecule has 4 N–H and O–H groups in total. The summed E-state index contributed by atoms with van der Waals surface area (Å²) in [7, 11) is 0. The fourth-order valence-electron chi connectivity index (χ4n) is 5.10. The summed E-state index contributed by atoms with van der Waals surface area (Å²) in [6.45, 7) is 3.97. The molecule has 1 saturated carbocycles. The number of ether oxygens (including phenoxy) is 1. The van der Waals surface area contributed by atoms with Crippen LogP contribution >= 0.6 is 0 Å². The zero-order chi connectivity index (χ0) is 27.4. The number of phenols is 1. The van der Waals surface area contributed by atoms with Crippen LogP contribution in [0.25, 0.3) is 11.3 Å². The number of aromatic nitrogens is 2. The van der Waals surface area contributed by atoms with Crippen LogP contribution in [0.4, 0.5) is 14.5 Å². The molecule has 0 saturated heterocycles. The number of anilines is 1. The van der Waals surface area contributed by atoms with Crippen LogP contribution in [0.2, 0.25) is 0 Å². The number of nitriles is 1. The number of carbonyl (C=O) groups is 1. The topological polar surface area (TPSA) is 134 Å². The summed E-state index contributed by atoms with van der Waals surface area (Å²) in [5.74, 6) is -2.70. The molecule has 1 amide bonds. The number of hydrogen-bond acceptors (Lipinski definition) is 7. The molecule has 38 heavy (non-hydrogen) atoms. The van der Waals surface area contributed by atoms with Crippen LogP contribution in [0.15, 0.2) is 42.7 Å². The highest BCUT2D eigenvalue weighted by Gasteiger charge is 2.36. The average Bonchev–Trinajstić information content (AvgIpc) is 2.86.